The van der Waals surface area contributed by atoms with E-state index >= 15 is 0 Å². The van der Waals surface area contributed by atoms with Crippen molar-refractivity contribution in [2.75, 3.05) is 5.73 Å². The lowest BCUT2D eigenvalue weighted by Gasteiger charge is -2.04. The Morgan fingerprint density at radius 1 is 0.952 bits per heavy atom. The predicted molar refractivity (Wildman–Crippen MR) is 83.3 cm³/mol. The van der Waals surface area contributed by atoms with Gasteiger partial charge in [0.2, 0.25) is 0 Å². The van der Waals surface area contributed by atoms with E-state index < -0.39 is 0 Å². The van der Waals surface area contributed by atoms with Crippen molar-refractivity contribution < 1.29 is 4.74 Å². The Labute approximate surface area is 123 Å². The molecule has 0 atom stereocenters. The summed E-state index contributed by atoms with van der Waals surface area (Å²) in [6, 6.07) is 17.8. The molecule has 0 fully saturated rings. The molecular weight excluding hydrogens is 262 g/mol. The summed E-state index contributed by atoms with van der Waals surface area (Å²) in [5, 5.41) is 4.31. The van der Waals surface area contributed by atoms with Gasteiger partial charge in [-0.15, -0.1) is 0 Å². The number of rotatable bonds is 5. The van der Waals surface area contributed by atoms with Gasteiger partial charge >= 0.3 is 0 Å². The first-order chi connectivity index (χ1) is 10.3. The van der Waals surface area contributed by atoms with Crippen LogP contribution in [0.5, 0.6) is 0 Å². The fourth-order valence-corrected chi connectivity index (χ4v) is 2.09. The number of ether oxygens (including phenoxy) is 1. The van der Waals surface area contributed by atoms with Crippen LogP contribution in [0.4, 0.5) is 5.69 Å². The maximum absolute atomic E-state index is 5.69. The van der Waals surface area contributed by atoms with E-state index in [2.05, 4.69) is 5.10 Å². The summed E-state index contributed by atoms with van der Waals surface area (Å²) in [5.41, 5.74) is 9.76. The standard InChI is InChI=1S/C17H17N3O/c18-17-8-6-15(7-9-17)16-10-19-20(11-16)13-21-12-14-4-2-1-3-5-14/h1-11H,12-13,18H2. The van der Waals surface area contributed by atoms with Gasteiger partial charge in [0.1, 0.15) is 6.73 Å². The predicted octanol–water partition coefficient (Wildman–Crippen LogP) is 3.31. The molecule has 0 aliphatic rings. The highest BCUT2D eigenvalue weighted by Gasteiger charge is 2.02. The number of aromatic nitrogens is 2. The molecule has 0 amide bonds. The number of hydrogen-bond acceptors (Lipinski definition) is 3. The second-order valence-corrected chi connectivity index (χ2v) is 4.85. The van der Waals surface area contributed by atoms with Crippen LogP contribution >= 0.6 is 0 Å². The van der Waals surface area contributed by atoms with Gasteiger partial charge in [0.15, 0.2) is 0 Å². The fourth-order valence-electron chi connectivity index (χ4n) is 2.09. The number of nitrogen functional groups attached to an aromatic ring is 1. The van der Waals surface area contributed by atoms with Gasteiger partial charge in [0.05, 0.1) is 12.8 Å². The summed E-state index contributed by atoms with van der Waals surface area (Å²) in [6.07, 6.45) is 3.80. The smallest absolute Gasteiger partial charge is 0.139 e. The van der Waals surface area contributed by atoms with Crippen LogP contribution in [0.15, 0.2) is 67.0 Å². The first-order valence-electron chi connectivity index (χ1n) is 6.81. The second kappa shape index (κ2) is 6.24. The van der Waals surface area contributed by atoms with Crippen LogP contribution in [-0.4, -0.2) is 9.78 Å². The monoisotopic (exact) mass is 279 g/mol. The normalized spacial score (nSPS) is 10.7. The van der Waals surface area contributed by atoms with Gasteiger partial charge in [-0.3, -0.25) is 0 Å². The zero-order valence-corrected chi connectivity index (χ0v) is 11.6. The van der Waals surface area contributed by atoms with Crippen molar-refractivity contribution >= 4 is 5.69 Å². The highest BCUT2D eigenvalue weighted by molar-refractivity contribution is 5.63. The van der Waals surface area contributed by atoms with E-state index in [0.717, 1.165) is 22.4 Å². The Bertz CT molecular complexity index is 690. The Kier molecular flexibility index (Phi) is 3.98. The van der Waals surface area contributed by atoms with Gasteiger partial charge < -0.3 is 10.5 Å². The maximum atomic E-state index is 5.69. The lowest BCUT2D eigenvalue weighted by Crippen LogP contribution is -2.02. The molecule has 1 heterocycles. The highest BCUT2D eigenvalue weighted by Crippen LogP contribution is 2.19. The minimum atomic E-state index is 0.434. The molecule has 4 heteroatoms. The molecular formula is C17H17N3O. The minimum absolute atomic E-state index is 0.434. The van der Waals surface area contributed by atoms with Gasteiger partial charge in [-0.25, -0.2) is 4.68 Å². The summed E-state index contributed by atoms with van der Waals surface area (Å²) >= 11 is 0. The van der Waals surface area contributed by atoms with E-state index in [9.17, 15) is 0 Å². The lowest BCUT2D eigenvalue weighted by molar-refractivity contribution is 0.0561. The molecule has 2 aromatic carbocycles. The van der Waals surface area contributed by atoms with Crippen LogP contribution in [0.1, 0.15) is 5.56 Å². The number of benzene rings is 2. The van der Waals surface area contributed by atoms with Gasteiger partial charge in [0.25, 0.3) is 0 Å². The third-order valence-corrected chi connectivity index (χ3v) is 3.21. The fraction of sp³-hybridized carbons (Fsp3) is 0.118. The SMILES string of the molecule is Nc1ccc(-c2cnn(COCc3ccccc3)c2)cc1. The van der Waals surface area contributed by atoms with Gasteiger partial charge in [0, 0.05) is 17.4 Å². The zero-order valence-electron chi connectivity index (χ0n) is 11.6. The number of nitrogens with two attached hydrogens (primary N) is 1. The molecule has 3 rings (SSSR count). The van der Waals surface area contributed by atoms with Gasteiger partial charge in [-0.2, -0.15) is 5.10 Å². The van der Waals surface area contributed by atoms with E-state index in [-0.39, 0.29) is 0 Å². The summed E-state index contributed by atoms with van der Waals surface area (Å²) in [6.45, 7) is 1.02. The van der Waals surface area contributed by atoms with Crippen LogP contribution in [0.2, 0.25) is 0 Å². The Morgan fingerprint density at radius 3 is 2.48 bits per heavy atom. The highest BCUT2D eigenvalue weighted by atomic mass is 16.5. The van der Waals surface area contributed by atoms with E-state index in [1.54, 1.807) is 4.68 Å². The average molecular weight is 279 g/mol. The maximum Gasteiger partial charge on any atom is 0.139 e. The second-order valence-electron chi connectivity index (χ2n) is 4.85. The van der Waals surface area contributed by atoms with Crippen molar-refractivity contribution in [2.24, 2.45) is 0 Å². The van der Waals surface area contributed by atoms with E-state index in [4.69, 9.17) is 10.5 Å². The average Bonchev–Trinajstić information content (AvgIpc) is 2.98. The van der Waals surface area contributed by atoms with E-state index in [1.807, 2.05) is 67.0 Å². The molecule has 0 saturated heterocycles. The molecule has 0 radical (unpaired) electrons. The Morgan fingerprint density at radius 2 is 1.71 bits per heavy atom. The Hall–Kier alpha value is -2.59. The van der Waals surface area contributed by atoms with Crippen LogP contribution in [0, 0.1) is 0 Å². The third-order valence-electron chi connectivity index (χ3n) is 3.21. The number of hydrogen-bond donors (Lipinski definition) is 1. The number of nitrogens with zero attached hydrogens (tertiary/aromatic N) is 2. The molecule has 4 nitrogen and oxygen atoms in total. The van der Waals surface area contributed by atoms with Crippen LogP contribution < -0.4 is 5.73 Å². The molecule has 0 bridgehead atoms. The molecule has 0 unspecified atom stereocenters. The van der Waals surface area contributed by atoms with Gasteiger partial charge in [-0.05, 0) is 23.3 Å². The molecule has 21 heavy (non-hydrogen) atoms. The minimum Gasteiger partial charge on any atom is -0.399 e. The van der Waals surface area contributed by atoms with Gasteiger partial charge in [-0.1, -0.05) is 42.5 Å². The van der Waals surface area contributed by atoms with Crippen LogP contribution in [-0.2, 0) is 18.1 Å². The quantitative estimate of drug-likeness (QED) is 0.729. The van der Waals surface area contributed by atoms with Crippen molar-refractivity contribution in [3.8, 4) is 11.1 Å². The zero-order chi connectivity index (χ0) is 14.5. The van der Waals surface area contributed by atoms with Crippen molar-refractivity contribution in [3.63, 3.8) is 0 Å². The van der Waals surface area contributed by atoms with Crippen molar-refractivity contribution in [3.05, 3.63) is 72.6 Å². The number of anilines is 1. The largest absolute Gasteiger partial charge is 0.399 e. The molecule has 3 aromatic rings. The molecule has 106 valence electrons. The molecule has 2 N–H and O–H groups in total. The van der Waals surface area contributed by atoms with Crippen molar-refractivity contribution in [2.45, 2.75) is 13.3 Å². The van der Waals surface area contributed by atoms with E-state index in [0.29, 0.717) is 13.3 Å². The first-order valence-corrected chi connectivity index (χ1v) is 6.81. The van der Waals surface area contributed by atoms with Crippen LogP contribution in [0.25, 0.3) is 11.1 Å². The summed E-state index contributed by atoms with van der Waals surface area (Å²) in [7, 11) is 0. The molecule has 0 saturated carbocycles. The van der Waals surface area contributed by atoms with Crippen LogP contribution in [0.3, 0.4) is 0 Å². The lowest BCUT2D eigenvalue weighted by atomic mass is 10.1. The summed E-state index contributed by atoms with van der Waals surface area (Å²) in [4.78, 5) is 0. The first kappa shape index (κ1) is 13.4. The Balaban J connectivity index is 1.59. The van der Waals surface area contributed by atoms with Crippen molar-refractivity contribution in [1.82, 2.24) is 9.78 Å². The summed E-state index contributed by atoms with van der Waals surface area (Å²) in [5.74, 6) is 0. The molecule has 1 aromatic heterocycles. The topological polar surface area (TPSA) is 53.1 Å². The third kappa shape index (κ3) is 3.49. The molecule has 0 aliphatic carbocycles. The van der Waals surface area contributed by atoms with E-state index in [1.165, 1.54) is 0 Å². The molecule has 0 spiro atoms. The van der Waals surface area contributed by atoms with Crippen molar-refractivity contribution in [1.29, 1.82) is 0 Å². The molecule has 0 aliphatic heterocycles. The summed E-state index contributed by atoms with van der Waals surface area (Å²) < 4.78 is 7.44.